The number of phenols is 1. The zero-order chi connectivity index (χ0) is 14.3. The topological polar surface area (TPSA) is 75.1 Å². The number of rotatable bonds is 1. The van der Waals surface area contributed by atoms with E-state index in [2.05, 4.69) is 4.98 Å². The Balaban J connectivity index is 2.39. The molecule has 100 valence electrons. The summed E-state index contributed by atoms with van der Waals surface area (Å²) < 4.78 is 0.998. The molecule has 0 saturated heterocycles. The highest BCUT2D eigenvalue weighted by Crippen LogP contribution is 2.15. The number of halogens is 1. The predicted octanol–water partition coefficient (Wildman–Crippen LogP) is 2.04. The largest absolute Gasteiger partial charge is 0.508 e. The average Bonchev–Trinajstić information content (AvgIpc) is 2.42. The smallest absolute Gasteiger partial charge is 0.333 e. The summed E-state index contributed by atoms with van der Waals surface area (Å²) in [6, 6.07) is 10.5. The van der Waals surface area contributed by atoms with E-state index in [1.165, 1.54) is 30.3 Å². The van der Waals surface area contributed by atoms with Crippen molar-refractivity contribution in [3.63, 3.8) is 0 Å². The minimum atomic E-state index is -0.546. The highest BCUT2D eigenvalue weighted by molar-refractivity contribution is 6.31. The fourth-order valence-electron chi connectivity index (χ4n) is 2.02. The molecular formula is C14H9ClN2O3. The van der Waals surface area contributed by atoms with E-state index in [1.54, 1.807) is 12.1 Å². The van der Waals surface area contributed by atoms with Crippen LogP contribution in [0.2, 0.25) is 5.02 Å². The second-order valence-corrected chi connectivity index (χ2v) is 4.71. The highest BCUT2D eigenvalue weighted by atomic mass is 35.5. The van der Waals surface area contributed by atoms with Crippen molar-refractivity contribution in [1.82, 2.24) is 9.55 Å². The van der Waals surface area contributed by atoms with Gasteiger partial charge >= 0.3 is 5.69 Å². The van der Waals surface area contributed by atoms with Gasteiger partial charge in [0.25, 0.3) is 5.56 Å². The molecule has 0 aliphatic heterocycles. The van der Waals surface area contributed by atoms with Crippen LogP contribution < -0.4 is 11.2 Å². The molecule has 0 bridgehead atoms. The van der Waals surface area contributed by atoms with Crippen molar-refractivity contribution in [3.05, 3.63) is 68.3 Å². The first-order valence-corrected chi connectivity index (χ1v) is 6.18. The number of aromatic hydroxyl groups is 1. The number of aromatic amines is 1. The average molecular weight is 289 g/mol. The monoisotopic (exact) mass is 288 g/mol. The van der Waals surface area contributed by atoms with Crippen LogP contribution in [-0.2, 0) is 0 Å². The molecule has 0 saturated carbocycles. The normalized spacial score (nSPS) is 10.8. The van der Waals surface area contributed by atoms with Gasteiger partial charge in [-0.1, -0.05) is 11.6 Å². The van der Waals surface area contributed by atoms with Crippen LogP contribution in [0, 0.1) is 0 Å². The fraction of sp³-hybridized carbons (Fsp3) is 0. The van der Waals surface area contributed by atoms with Gasteiger partial charge in [0.1, 0.15) is 5.75 Å². The standard InChI is InChI=1S/C14H9ClN2O3/c15-8-1-6-12-11(7-8)13(19)17(14(20)16-12)9-2-4-10(18)5-3-9/h1-7,18H,(H,16,20). The van der Waals surface area contributed by atoms with Crippen LogP contribution in [0.4, 0.5) is 0 Å². The van der Waals surface area contributed by atoms with E-state index in [-0.39, 0.29) is 5.75 Å². The fourth-order valence-corrected chi connectivity index (χ4v) is 2.19. The lowest BCUT2D eigenvalue weighted by molar-refractivity contribution is 0.475. The van der Waals surface area contributed by atoms with Gasteiger partial charge in [0.15, 0.2) is 0 Å². The minimum Gasteiger partial charge on any atom is -0.508 e. The van der Waals surface area contributed by atoms with Crippen molar-refractivity contribution in [2.45, 2.75) is 0 Å². The molecule has 2 aromatic carbocycles. The Morgan fingerprint density at radius 1 is 1.05 bits per heavy atom. The minimum absolute atomic E-state index is 0.0575. The summed E-state index contributed by atoms with van der Waals surface area (Å²) in [5, 5.41) is 10.00. The number of hydrogen-bond donors (Lipinski definition) is 2. The molecule has 0 aliphatic rings. The van der Waals surface area contributed by atoms with Gasteiger partial charge in [-0.15, -0.1) is 0 Å². The molecule has 1 heterocycles. The zero-order valence-electron chi connectivity index (χ0n) is 10.1. The van der Waals surface area contributed by atoms with Crippen LogP contribution in [0.1, 0.15) is 0 Å². The van der Waals surface area contributed by atoms with Crippen molar-refractivity contribution >= 4 is 22.5 Å². The van der Waals surface area contributed by atoms with E-state index >= 15 is 0 Å². The molecule has 0 amide bonds. The summed E-state index contributed by atoms with van der Waals surface area (Å²) in [5.74, 6) is 0.0575. The SMILES string of the molecule is O=c1[nH]c2ccc(Cl)cc2c(=O)n1-c1ccc(O)cc1. The van der Waals surface area contributed by atoms with E-state index in [9.17, 15) is 14.7 Å². The van der Waals surface area contributed by atoms with Crippen LogP contribution in [-0.4, -0.2) is 14.7 Å². The number of fused-ring (bicyclic) bond motifs is 1. The lowest BCUT2D eigenvalue weighted by Crippen LogP contribution is -2.33. The van der Waals surface area contributed by atoms with Gasteiger partial charge in [-0.05, 0) is 42.5 Å². The Bertz CT molecular complexity index is 910. The van der Waals surface area contributed by atoms with Gasteiger partial charge in [-0.2, -0.15) is 0 Å². The maximum atomic E-state index is 12.4. The van der Waals surface area contributed by atoms with Crippen LogP contribution in [0.15, 0.2) is 52.1 Å². The molecule has 1 aromatic heterocycles. The molecule has 0 spiro atoms. The molecule has 6 heteroatoms. The molecule has 3 aromatic rings. The molecular weight excluding hydrogens is 280 g/mol. The van der Waals surface area contributed by atoms with Gasteiger partial charge in [-0.25, -0.2) is 9.36 Å². The number of nitrogens with one attached hydrogen (secondary N) is 1. The van der Waals surface area contributed by atoms with Crippen LogP contribution in [0.25, 0.3) is 16.6 Å². The Morgan fingerprint density at radius 3 is 2.45 bits per heavy atom. The van der Waals surface area contributed by atoms with Crippen LogP contribution >= 0.6 is 11.6 Å². The van der Waals surface area contributed by atoms with E-state index in [0.29, 0.717) is 21.6 Å². The van der Waals surface area contributed by atoms with Crippen molar-refractivity contribution in [2.24, 2.45) is 0 Å². The number of nitrogens with zero attached hydrogens (tertiary/aromatic N) is 1. The molecule has 0 aliphatic carbocycles. The Kier molecular flexibility index (Phi) is 2.84. The third-order valence-corrected chi connectivity index (χ3v) is 3.20. The van der Waals surface area contributed by atoms with Crippen molar-refractivity contribution in [3.8, 4) is 11.4 Å². The maximum absolute atomic E-state index is 12.4. The number of hydrogen-bond acceptors (Lipinski definition) is 3. The molecule has 0 unspecified atom stereocenters. The zero-order valence-corrected chi connectivity index (χ0v) is 10.9. The first-order valence-electron chi connectivity index (χ1n) is 5.80. The first kappa shape index (κ1) is 12.5. The summed E-state index contributed by atoms with van der Waals surface area (Å²) in [7, 11) is 0. The van der Waals surface area contributed by atoms with Crippen molar-refractivity contribution in [2.75, 3.05) is 0 Å². The van der Waals surface area contributed by atoms with Gasteiger partial charge in [0.2, 0.25) is 0 Å². The second-order valence-electron chi connectivity index (χ2n) is 4.28. The van der Waals surface area contributed by atoms with E-state index in [1.807, 2.05) is 0 Å². The lowest BCUT2D eigenvalue weighted by Gasteiger charge is -2.06. The summed E-state index contributed by atoms with van der Waals surface area (Å²) >= 11 is 5.88. The summed E-state index contributed by atoms with van der Waals surface area (Å²) in [6.45, 7) is 0. The number of benzene rings is 2. The molecule has 3 rings (SSSR count). The van der Waals surface area contributed by atoms with E-state index in [0.717, 1.165) is 4.57 Å². The third-order valence-electron chi connectivity index (χ3n) is 2.97. The molecule has 0 fully saturated rings. The molecule has 0 atom stereocenters. The second kappa shape index (κ2) is 4.54. The van der Waals surface area contributed by atoms with Gasteiger partial charge in [-0.3, -0.25) is 4.79 Å². The summed E-state index contributed by atoms with van der Waals surface area (Å²) in [5.41, 5.74) is -0.206. The van der Waals surface area contributed by atoms with Gasteiger partial charge in [0.05, 0.1) is 16.6 Å². The third kappa shape index (κ3) is 1.98. The van der Waals surface area contributed by atoms with Crippen molar-refractivity contribution in [1.29, 1.82) is 0 Å². The van der Waals surface area contributed by atoms with Gasteiger partial charge < -0.3 is 10.1 Å². The Morgan fingerprint density at radius 2 is 1.75 bits per heavy atom. The number of aromatic nitrogens is 2. The van der Waals surface area contributed by atoms with Crippen LogP contribution in [0.3, 0.4) is 0 Å². The summed E-state index contributed by atoms with van der Waals surface area (Å²) in [6.07, 6.45) is 0. The Labute approximate surface area is 117 Å². The summed E-state index contributed by atoms with van der Waals surface area (Å²) in [4.78, 5) is 27.1. The molecule has 2 N–H and O–H groups in total. The quantitative estimate of drug-likeness (QED) is 0.719. The maximum Gasteiger partial charge on any atom is 0.333 e. The van der Waals surface area contributed by atoms with Crippen molar-refractivity contribution < 1.29 is 5.11 Å². The van der Waals surface area contributed by atoms with E-state index in [4.69, 9.17) is 11.6 Å². The lowest BCUT2D eigenvalue weighted by atomic mass is 10.2. The van der Waals surface area contributed by atoms with Crippen LogP contribution in [0.5, 0.6) is 5.75 Å². The Hall–Kier alpha value is -2.53. The van der Waals surface area contributed by atoms with Gasteiger partial charge in [0, 0.05) is 5.02 Å². The molecule has 0 radical (unpaired) electrons. The molecule has 20 heavy (non-hydrogen) atoms. The van der Waals surface area contributed by atoms with E-state index < -0.39 is 11.2 Å². The predicted molar refractivity (Wildman–Crippen MR) is 76.8 cm³/mol. The number of H-pyrrole nitrogens is 1. The highest BCUT2D eigenvalue weighted by Gasteiger charge is 2.09. The number of phenolic OH excluding ortho intramolecular Hbond substituents is 1. The molecule has 5 nitrogen and oxygen atoms in total. The first-order chi connectivity index (χ1) is 9.56.